The van der Waals surface area contributed by atoms with Gasteiger partial charge < -0.3 is 9.47 Å². The van der Waals surface area contributed by atoms with E-state index in [0.717, 1.165) is 43.0 Å². The molecule has 1 atom stereocenters. The van der Waals surface area contributed by atoms with Crippen molar-refractivity contribution < 1.29 is 17.9 Å². The van der Waals surface area contributed by atoms with Crippen LogP contribution in [0.5, 0.6) is 11.5 Å². The largest absolute Gasteiger partial charge is 0.454 e. The van der Waals surface area contributed by atoms with Crippen LogP contribution in [0.2, 0.25) is 0 Å². The molecule has 0 amide bonds. The number of nitrogens with one attached hydrogen (secondary N) is 1. The van der Waals surface area contributed by atoms with Gasteiger partial charge in [-0.15, -0.1) is 0 Å². The molecular formula is C19H22N2O4S. The van der Waals surface area contributed by atoms with Crippen LogP contribution in [-0.4, -0.2) is 39.7 Å². The van der Waals surface area contributed by atoms with Gasteiger partial charge in [0, 0.05) is 12.6 Å². The van der Waals surface area contributed by atoms with Crippen LogP contribution in [0.4, 0.5) is 0 Å². The van der Waals surface area contributed by atoms with Gasteiger partial charge in [0.2, 0.25) is 16.8 Å². The fourth-order valence-corrected chi connectivity index (χ4v) is 4.56. The topological polar surface area (TPSA) is 67.9 Å². The Morgan fingerprint density at radius 3 is 2.50 bits per heavy atom. The fraction of sp³-hybridized carbons (Fsp3) is 0.368. The number of benzene rings is 2. The molecule has 7 heteroatoms. The summed E-state index contributed by atoms with van der Waals surface area (Å²) in [6.45, 7) is 2.48. The average molecular weight is 374 g/mol. The average Bonchev–Trinajstić information content (AvgIpc) is 3.34. The van der Waals surface area contributed by atoms with E-state index in [2.05, 4.69) is 9.62 Å². The Morgan fingerprint density at radius 1 is 1.00 bits per heavy atom. The summed E-state index contributed by atoms with van der Waals surface area (Å²) >= 11 is 0. The fourth-order valence-electron chi connectivity index (χ4n) is 3.50. The number of hydrogen-bond acceptors (Lipinski definition) is 5. The van der Waals surface area contributed by atoms with Crippen molar-refractivity contribution in [3.63, 3.8) is 0 Å². The van der Waals surface area contributed by atoms with Crippen molar-refractivity contribution in [2.45, 2.75) is 23.8 Å². The lowest BCUT2D eigenvalue weighted by atomic mass is 10.1. The summed E-state index contributed by atoms with van der Waals surface area (Å²) < 4.78 is 38.8. The standard InChI is InChI=1S/C19H22N2O4S/c22-26(23,16-6-2-1-3-7-16)20-13-17(21-10-4-5-11-21)15-8-9-18-19(12-15)25-14-24-18/h1-3,6-9,12,17,20H,4-5,10-11,13-14H2/t17-/m0/s1. The van der Waals surface area contributed by atoms with E-state index in [-0.39, 0.29) is 17.7 Å². The maximum atomic E-state index is 12.6. The first-order valence-corrected chi connectivity index (χ1v) is 10.3. The maximum Gasteiger partial charge on any atom is 0.240 e. The van der Waals surface area contributed by atoms with Crippen molar-refractivity contribution in [2.75, 3.05) is 26.4 Å². The molecule has 1 saturated heterocycles. The second-order valence-electron chi connectivity index (χ2n) is 6.54. The summed E-state index contributed by atoms with van der Waals surface area (Å²) in [5.74, 6) is 1.46. The monoisotopic (exact) mass is 374 g/mol. The number of likely N-dealkylation sites (tertiary alicyclic amines) is 1. The van der Waals surface area contributed by atoms with Crippen molar-refractivity contribution in [3.8, 4) is 11.5 Å². The third kappa shape index (κ3) is 3.56. The predicted octanol–water partition coefficient (Wildman–Crippen LogP) is 2.53. The van der Waals surface area contributed by atoms with Crippen molar-refractivity contribution in [1.29, 1.82) is 0 Å². The maximum absolute atomic E-state index is 12.6. The lowest BCUT2D eigenvalue weighted by molar-refractivity contribution is 0.173. The van der Waals surface area contributed by atoms with Gasteiger partial charge in [0.05, 0.1) is 4.90 Å². The van der Waals surface area contributed by atoms with E-state index in [1.165, 1.54) is 0 Å². The molecule has 2 aliphatic rings. The Kier molecular flexibility index (Phi) is 4.84. The normalized spacial score (nSPS) is 18.2. The molecule has 2 heterocycles. The van der Waals surface area contributed by atoms with E-state index in [1.807, 2.05) is 18.2 Å². The van der Waals surface area contributed by atoms with Gasteiger partial charge in [0.25, 0.3) is 0 Å². The molecule has 0 aliphatic carbocycles. The lowest BCUT2D eigenvalue weighted by Gasteiger charge is -2.28. The highest BCUT2D eigenvalue weighted by atomic mass is 32.2. The molecule has 0 aromatic heterocycles. The van der Waals surface area contributed by atoms with Crippen LogP contribution in [0, 0.1) is 0 Å². The minimum atomic E-state index is -3.54. The Balaban J connectivity index is 1.56. The zero-order valence-electron chi connectivity index (χ0n) is 14.4. The molecule has 0 unspecified atom stereocenters. The molecule has 0 radical (unpaired) electrons. The van der Waals surface area contributed by atoms with E-state index >= 15 is 0 Å². The van der Waals surface area contributed by atoms with Crippen LogP contribution in [0.25, 0.3) is 0 Å². The van der Waals surface area contributed by atoms with Gasteiger partial charge in [-0.2, -0.15) is 0 Å². The Hall–Kier alpha value is -2.09. The highest BCUT2D eigenvalue weighted by molar-refractivity contribution is 7.89. The molecule has 4 rings (SSSR count). The van der Waals surface area contributed by atoms with Gasteiger partial charge in [-0.25, -0.2) is 13.1 Å². The summed E-state index contributed by atoms with van der Waals surface area (Å²) in [6, 6.07) is 14.3. The molecule has 1 N–H and O–H groups in total. The quantitative estimate of drug-likeness (QED) is 0.842. The molecule has 2 aromatic rings. The van der Waals surface area contributed by atoms with E-state index in [9.17, 15) is 8.42 Å². The van der Waals surface area contributed by atoms with E-state index in [4.69, 9.17) is 9.47 Å². The third-order valence-electron chi connectivity index (χ3n) is 4.88. The third-order valence-corrected chi connectivity index (χ3v) is 6.32. The molecule has 26 heavy (non-hydrogen) atoms. The zero-order valence-corrected chi connectivity index (χ0v) is 15.2. The van der Waals surface area contributed by atoms with E-state index < -0.39 is 10.0 Å². The van der Waals surface area contributed by atoms with E-state index in [1.54, 1.807) is 30.3 Å². The highest BCUT2D eigenvalue weighted by Gasteiger charge is 2.27. The Bertz CT molecular complexity index is 864. The number of sulfonamides is 1. The number of nitrogens with zero attached hydrogens (tertiary/aromatic N) is 1. The number of rotatable bonds is 6. The molecule has 138 valence electrons. The number of ether oxygens (including phenoxy) is 2. The van der Waals surface area contributed by atoms with Crippen molar-refractivity contribution in [1.82, 2.24) is 9.62 Å². The summed E-state index contributed by atoms with van der Waals surface area (Å²) in [6.07, 6.45) is 2.26. The summed E-state index contributed by atoms with van der Waals surface area (Å²) in [5.41, 5.74) is 1.03. The zero-order chi connectivity index (χ0) is 18.0. The summed E-state index contributed by atoms with van der Waals surface area (Å²) in [4.78, 5) is 2.61. The van der Waals surface area contributed by atoms with Gasteiger partial charge in [0.15, 0.2) is 11.5 Å². The molecule has 0 bridgehead atoms. The first-order valence-electron chi connectivity index (χ1n) is 8.82. The van der Waals surface area contributed by atoms with Crippen LogP contribution < -0.4 is 14.2 Å². The summed E-state index contributed by atoms with van der Waals surface area (Å²) in [5, 5.41) is 0. The first kappa shape index (κ1) is 17.3. The molecule has 6 nitrogen and oxygen atoms in total. The second kappa shape index (κ2) is 7.26. The number of hydrogen-bond donors (Lipinski definition) is 1. The van der Waals surface area contributed by atoms with Crippen LogP contribution in [0.3, 0.4) is 0 Å². The minimum absolute atomic E-state index is 0.0366. The van der Waals surface area contributed by atoms with Gasteiger partial charge >= 0.3 is 0 Å². The van der Waals surface area contributed by atoms with Crippen LogP contribution in [-0.2, 0) is 10.0 Å². The molecule has 1 fully saturated rings. The molecule has 2 aromatic carbocycles. The van der Waals surface area contributed by atoms with Gasteiger partial charge in [-0.3, -0.25) is 4.90 Å². The van der Waals surface area contributed by atoms with Crippen LogP contribution in [0.15, 0.2) is 53.4 Å². The SMILES string of the molecule is O=S(=O)(NC[C@@H](c1ccc2c(c1)OCO2)N1CCCC1)c1ccccc1. The molecule has 0 saturated carbocycles. The molecule has 2 aliphatic heterocycles. The van der Waals surface area contributed by atoms with Gasteiger partial charge in [-0.05, 0) is 55.8 Å². The molecule has 0 spiro atoms. The van der Waals surface area contributed by atoms with Crippen LogP contribution in [0.1, 0.15) is 24.4 Å². The highest BCUT2D eigenvalue weighted by Crippen LogP contribution is 2.36. The summed E-state index contributed by atoms with van der Waals surface area (Å²) in [7, 11) is -3.54. The van der Waals surface area contributed by atoms with Crippen molar-refractivity contribution in [2.24, 2.45) is 0 Å². The lowest BCUT2D eigenvalue weighted by Crippen LogP contribution is -2.36. The Labute approximate surface area is 153 Å². The predicted molar refractivity (Wildman–Crippen MR) is 97.7 cm³/mol. The first-order chi connectivity index (χ1) is 12.6. The molecular weight excluding hydrogens is 352 g/mol. The smallest absolute Gasteiger partial charge is 0.240 e. The van der Waals surface area contributed by atoms with Crippen molar-refractivity contribution >= 4 is 10.0 Å². The minimum Gasteiger partial charge on any atom is -0.454 e. The Morgan fingerprint density at radius 2 is 1.73 bits per heavy atom. The van der Waals surface area contributed by atoms with Crippen molar-refractivity contribution in [3.05, 3.63) is 54.1 Å². The van der Waals surface area contributed by atoms with E-state index in [0.29, 0.717) is 6.54 Å². The van der Waals surface area contributed by atoms with Gasteiger partial charge in [-0.1, -0.05) is 24.3 Å². The second-order valence-corrected chi connectivity index (χ2v) is 8.30. The number of fused-ring (bicyclic) bond motifs is 1. The van der Waals surface area contributed by atoms with Crippen LogP contribution >= 0.6 is 0 Å². The van der Waals surface area contributed by atoms with Gasteiger partial charge in [0.1, 0.15) is 0 Å².